The molecule has 0 radical (unpaired) electrons. The number of amides is 1. The number of hydrogen-bond acceptors (Lipinski definition) is 5. The maximum atomic E-state index is 13.0. The topological polar surface area (TPSA) is 60.2 Å². The average Bonchev–Trinajstić information content (AvgIpc) is 3.43. The Labute approximate surface area is 174 Å². The van der Waals surface area contributed by atoms with Crippen LogP contribution >= 0.6 is 11.8 Å². The third-order valence-electron chi connectivity index (χ3n) is 5.02. The molecule has 1 fully saturated rings. The Morgan fingerprint density at radius 3 is 2.72 bits per heavy atom. The van der Waals surface area contributed by atoms with E-state index in [0.29, 0.717) is 12.4 Å². The number of hydrogen-bond donors (Lipinski definition) is 0. The van der Waals surface area contributed by atoms with E-state index >= 15 is 0 Å². The summed E-state index contributed by atoms with van der Waals surface area (Å²) in [7, 11) is 0. The number of ether oxygens (including phenoxy) is 1. The lowest BCUT2D eigenvalue weighted by atomic mass is 10.0. The molecule has 150 valence electrons. The van der Waals surface area contributed by atoms with Crippen molar-refractivity contribution < 1.29 is 9.53 Å². The maximum absolute atomic E-state index is 13.0. The normalized spacial score (nSPS) is 16.2. The molecular formula is C22H24N4O2S. The van der Waals surface area contributed by atoms with Gasteiger partial charge in [-0.2, -0.15) is 0 Å². The summed E-state index contributed by atoms with van der Waals surface area (Å²) >= 11 is 1.43. The van der Waals surface area contributed by atoms with Gasteiger partial charge in [-0.15, -0.1) is 10.2 Å². The van der Waals surface area contributed by atoms with E-state index in [1.807, 2.05) is 58.9 Å². The van der Waals surface area contributed by atoms with E-state index in [1.165, 1.54) is 11.8 Å². The van der Waals surface area contributed by atoms with E-state index in [4.69, 9.17) is 4.74 Å². The largest absolute Gasteiger partial charge is 0.494 e. The highest BCUT2D eigenvalue weighted by molar-refractivity contribution is 7.99. The van der Waals surface area contributed by atoms with Crippen LogP contribution in [0.25, 0.3) is 5.69 Å². The zero-order valence-electron chi connectivity index (χ0n) is 16.4. The zero-order valence-corrected chi connectivity index (χ0v) is 17.2. The van der Waals surface area contributed by atoms with Crippen molar-refractivity contribution in [3.8, 4) is 11.4 Å². The fourth-order valence-electron chi connectivity index (χ4n) is 3.66. The highest BCUT2D eigenvalue weighted by Gasteiger charge is 2.30. The van der Waals surface area contributed by atoms with Crippen molar-refractivity contribution in [1.82, 2.24) is 19.7 Å². The fraction of sp³-hybridized carbons (Fsp3) is 0.318. The van der Waals surface area contributed by atoms with E-state index in [9.17, 15) is 4.79 Å². The zero-order chi connectivity index (χ0) is 20.1. The van der Waals surface area contributed by atoms with Crippen molar-refractivity contribution in [3.63, 3.8) is 0 Å². The van der Waals surface area contributed by atoms with Gasteiger partial charge >= 0.3 is 0 Å². The first-order valence-electron chi connectivity index (χ1n) is 9.86. The van der Waals surface area contributed by atoms with Gasteiger partial charge in [0.25, 0.3) is 0 Å². The molecular weight excluding hydrogens is 384 g/mol. The summed E-state index contributed by atoms with van der Waals surface area (Å²) in [6, 6.07) is 18.1. The summed E-state index contributed by atoms with van der Waals surface area (Å²) in [6.45, 7) is 3.42. The van der Waals surface area contributed by atoms with Crippen molar-refractivity contribution in [2.24, 2.45) is 0 Å². The molecule has 2 heterocycles. The Kier molecular flexibility index (Phi) is 6.14. The molecule has 1 saturated heterocycles. The number of likely N-dealkylation sites (tertiary alicyclic amines) is 1. The molecule has 0 saturated carbocycles. The number of carbonyl (C=O) groups excluding carboxylic acids is 1. The first kappa shape index (κ1) is 19.5. The van der Waals surface area contributed by atoms with E-state index < -0.39 is 0 Å². The molecule has 1 atom stereocenters. The number of carbonyl (C=O) groups is 1. The van der Waals surface area contributed by atoms with Gasteiger partial charge in [-0.25, -0.2) is 0 Å². The van der Waals surface area contributed by atoms with Gasteiger partial charge in [0.2, 0.25) is 5.91 Å². The van der Waals surface area contributed by atoms with E-state index in [1.54, 1.807) is 6.33 Å². The van der Waals surface area contributed by atoms with Gasteiger partial charge in [-0.05, 0) is 49.6 Å². The Balaban J connectivity index is 1.41. The van der Waals surface area contributed by atoms with Gasteiger partial charge in [-0.1, -0.05) is 42.1 Å². The molecule has 0 bridgehead atoms. The minimum atomic E-state index is 0.130. The number of nitrogens with zero attached hydrogens (tertiary/aromatic N) is 4. The quantitative estimate of drug-likeness (QED) is 0.551. The fourth-order valence-corrected chi connectivity index (χ4v) is 4.48. The third kappa shape index (κ3) is 4.45. The summed E-state index contributed by atoms with van der Waals surface area (Å²) in [5.74, 6) is 1.34. The minimum absolute atomic E-state index is 0.130. The Bertz CT molecular complexity index is 943. The van der Waals surface area contributed by atoms with E-state index in [0.717, 1.165) is 41.5 Å². The first-order chi connectivity index (χ1) is 14.3. The molecule has 1 aliphatic rings. The summed E-state index contributed by atoms with van der Waals surface area (Å²) in [4.78, 5) is 15.0. The molecule has 0 N–H and O–H groups in total. The molecule has 1 aromatic heterocycles. The van der Waals surface area contributed by atoms with Gasteiger partial charge in [-0.3, -0.25) is 9.36 Å². The summed E-state index contributed by atoms with van der Waals surface area (Å²) < 4.78 is 7.43. The predicted molar refractivity (Wildman–Crippen MR) is 113 cm³/mol. The van der Waals surface area contributed by atoms with Crippen LogP contribution < -0.4 is 4.74 Å². The minimum Gasteiger partial charge on any atom is -0.494 e. The molecule has 29 heavy (non-hydrogen) atoms. The molecule has 6 nitrogen and oxygen atoms in total. The maximum Gasteiger partial charge on any atom is 0.233 e. The summed E-state index contributed by atoms with van der Waals surface area (Å²) in [5.41, 5.74) is 2.15. The average molecular weight is 409 g/mol. The smallest absolute Gasteiger partial charge is 0.233 e. The third-order valence-corrected chi connectivity index (χ3v) is 5.95. The Morgan fingerprint density at radius 2 is 1.97 bits per heavy atom. The summed E-state index contributed by atoms with van der Waals surface area (Å²) in [6.07, 6.45) is 3.69. The van der Waals surface area contributed by atoms with Crippen LogP contribution in [0.4, 0.5) is 0 Å². The molecule has 2 aromatic carbocycles. The van der Waals surface area contributed by atoms with Crippen LogP contribution in [0.1, 0.15) is 31.4 Å². The molecule has 4 rings (SSSR count). The number of benzene rings is 2. The van der Waals surface area contributed by atoms with Crippen LogP contribution in [0, 0.1) is 0 Å². The first-order valence-corrected chi connectivity index (χ1v) is 10.9. The second-order valence-electron chi connectivity index (χ2n) is 6.85. The van der Waals surface area contributed by atoms with E-state index in [2.05, 4.69) is 22.3 Å². The van der Waals surface area contributed by atoms with Crippen molar-refractivity contribution in [2.45, 2.75) is 31.0 Å². The SMILES string of the molecule is CCOc1ccc(C2CCCN2C(=O)CSc2nncn2-c2ccccc2)cc1. The standard InChI is InChI=1S/C22H24N4O2S/c1-2-28-19-12-10-17(11-13-19)20-9-6-14-25(20)21(27)15-29-22-24-23-16-26(22)18-7-4-3-5-8-18/h3-5,7-8,10-13,16,20H,2,6,9,14-15H2,1H3. The molecule has 1 aliphatic heterocycles. The lowest BCUT2D eigenvalue weighted by Crippen LogP contribution is -2.32. The van der Waals surface area contributed by atoms with Crippen LogP contribution in [0.15, 0.2) is 66.1 Å². The van der Waals surface area contributed by atoms with Crippen LogP contribution in [0.2, 0.25) is 0 Å². The van der Waals surface area contributed by atoms with Crippen LogP contribution in [-0.2, 0) is 4.79 Å². The molecule has 7 heteroatoms. The Hall–Kier alpha value is -2.80. The molecule has 1 amide bonds. The van der Waals surface area contributed by atoms with Crippen molar-refractivity contribution in [2.75, 3.05) is 18.9 Å². The van der Waals surface area contributed by atoms with Gasteiger partial charge < -0.3 is 9.64 Å². The molecule has 0 spiro atoms. The second kappa shape index (κ2) is 9.13. The summed E-state index contributed by atoms with van der Waals surface area (Å²) in [5, 5.41) is 8.93. The monoisotopic (exact) mass is 408 g/mol. The van der Waals surface area contributed by atoms with Crippen molar-refractivity contribution in [1.29, 1.82) is 0 Å². The van der Waals surface area contributed by atoms with Gasteiger partial charge in [0, 0.05) is 12.2 Å². The predicted octanol–water partition coefficient (Wildman–Crippen LogP) is 4.12. The molecule has 3 aromatic rings. The number of thioether (sulfide) groups is 1. The van der Waals surface area contributed by atoms with Crippen LogP contribution in [0.3, 0.4) is 0 Å². The number of aromatic nitrogens is 3. The van der Waals surface area contributed by atoms with Crippen LogP contribution in [0.5, 0.6) is 5.75 Å². The van der Waals surface area contributed by atoms with Crippen molar-refractivity contribution in [3.05, 3.63) is 66.5 Å². The van der Waals surface area contributed by atoms with Crippen LogP contribution in [-0.4, -0.2) is 44.5 Å². The Morgan fingerprint density at radius 1 is 1.17 bits per heavy atom. The number of para-hydroxylation sites is 1. The molecule has 1 unspecified atom stereocenters. The van der Waals surface area contributed by atoms with E-state index in [-0.39, 0.29) is 11.9 Å². The van der Waals surface area contributed by atoms with Gasteiger partial charge in [0.05, 0.1) is 18.4 Å². The lowest BCUT2D eigenvalue weighted by molar-refractivity contribution is -0.129. The van der Waals surface area contributed by atoms with Gasteiger partial charge in [0.1, 0.15) is 12.1 Å². The van der Waals surface area contributed by atoms with Gasteiger partial charge in [0.15, 0.2) is 5.16 Å². The highest BCUT2D eigenvalue weighted by Crippen LogP contribution is 2.33. The number of rotatable bonds is 7. The van der Waals surface area contributed by atoms with Crippen molar-refractivity contribution >= 4 is 17.7 Å². The second-order valence-corrected chi connectivity index (χ2v) is 7.80. The molecule has 0 aliphatic carbocycles. The lowest BCUT2D eigenvalue weighted by Gasteiger charge is -2.25. The highest BCUT2D eigenvalue weighted by atomic mass is 32.2.